The van der Waals surface area contributed by atoms with Crippen LogP contribution in [0.15, 0.2) is 34.9 Å². The van der Waals surface area contributed by atoms with Gasteiger partial charge in [0.25, 0.3) is 0 Å². The fraction of sp³-hybridized carbons (Fsp3) is 0.600. The van der Waals surface area contributed by atoms with Crippen molar-refractivity contribution in [3.63, 3.8) is 0 Å². The number of ether oxygens (including phenoxy) is 1. The molecule has 0 saturated carbocycles. The van der Waals surface area contributed by atoms with Crippen LogP contribution in [0.4, 0.5) is 0 Å². The molecule has 0 aromatic rings. The molecule has 0 N–H and O–H groups in total. The Morgan fingerprint density at radius 3 is 2.13 bits per heavy atom. The van der Waals surface area contributed by atoms with Crippen LogP contribution < -0.4 is 0 Å². The average molecular weight is 320 g/mol. The monoisotopic (exact) mass is 320 g/mol. The lowest BCUT2D eigenvalue weighted by molar-refractivity contribution is -0.150. The highest BCUT2D eigenvalue weighted by Gasteiger charge is 2.23. The van der Waals surface area contributed by atoms with E-state index in [-0.39, 0.29) is 5.78 Å². The van der Waals surface area contributed by atoms with Gasteiger partial charge in [0.1, 0.15) is 11.7 Å². The topological polar surface area (TPSA) is 43.4 Å². The van der Waals surface area contributed by atoms with Crippen LogP contribution in [-0.4, -0.2) is 18.4 Å². The molecule has 3 heteroatoms. The van der Waals surface area contributed by atoms with Crippen LogP contribution in [0.2, 0.25) is 0 Å². The number of esters is 1. The van der Waals surface area contributed by atoms with Gasteiger partial charge in [0, 0.05) is 0 Å². The van der Waals surface area contributed by atoms with E-state index in [4.69, 9.17) is 4.74 Å². The van der Waals surface area contributed by atoms with Crippen molar-refractivity contribution in [1.29, 1.82) is 0 Å². The molecule has 0 spiro atoms. The standard InChI is InChI=1S/C20H32O3/c1-7-23-20(22)19(18(6)21)14-13-17(5)10-8-9-16(4)12-11-15(2)3/h9,11,13,19H,7-8,10,12,14H2,1-6H3/b16-9+,17-13+. The zero-order valence-electron chi connectivity index (χ0n) is 15.6. The SMILES string of the molecule is CCOC(=O)C(C/C=C(\C)CC/C=C(\C)CC=C(C)C)C(C)=O. The summed E-state index contributed by atoms with van der Waals surface area (Å²) < 4.78 is 4.95. The molecule has 0 radical (unpaired) electrons. The molecule has 130 valence electrons. The summed E-state index contributed by atoms with van der Waals surface area (Å²) in [5, 5.41) is 0. The van der Waals surface area contributed by atoms with Crippen LogP contribution in [0.3, 0.4) is 0 Å². The number of carbonyl (C=O) groups is 2. The Morgan fingerprint density at radius 1 is 0.957 bits per heavy atom. The predicted octanol–water partition coefficient (Wildman–Crippen LogP) is 5.17. The van der Waals surface area contributed by atoms with Crippen molar-refractivity contribution in [3.05, 3.63) is 34.9 Å². The van der Waals surface area contributed by atoms with Crippen molar-refractivity contribution in [2.75, 3.05) is 6.61 Å². The maximum atomic E-state index is 11.7. The van der Waals surface area contributed by atoms with E-state index in [0.29, 0.717) is 13.0 Å². The Kier molecular flexibility index (Phi) is 11.0. The number of hydrogen-bond acceptors (Lipinski definition) is 3. The fourth-order valence-electron chi connectivity index (χ4n) is 2.09. The molecule has 0 heterocycles. The highest BCUT2D eigenvalue weighted by molar-refractivity contribution is 5.97. The predicted molar refractivity (Wildman–Crippen MR) is 96.2 cm³/mol. The van der Waals surface area contributed by atoms with Gasteiger partial charge < -0.3 is 4.74 Å². The number of Topliss-reactive ketones (excluding diaryl/α,β-unsaturated/α-hetero) is 1. The van der Waals surface area contributed by atoms with Crippen LogP contribution in [0.5, 0.6) is 0 Å². The summed E-state index contributed by atoms with van der Waals surface area (Å²) in [6.45, 7) is 11.9. The molecule has 0 aliphatic heterocycles. The molecule has 0 fully saturated rings. The molecule has 0 aromatic heterocycles. The number of rotatable bonds is 10. The zero-order valence-corrected chi connectivity index (χ0v) is 15.6. The second kappa shape index (κ2) is 11.9. The molecule has 0 rings (SSSR count). The third-order valence-electron chi connectivity index (χ3n) is 3.63. The maximum absolute atomic E-state index is 11.7. The smallest absolute Gasteiger partial charge is 0.316 e. The van der Waals surface area contributed by atoms with Crippen molar-refractivity contribution in [2.24, 2.45) is 5.92 Å². The molecule has 0 saturated heterocycles. The molecule has 0 aliphatic rings. The maximum Gasteiger partial charge on any atom is 0.316 e. The van der Waals surface area contributed by atoms with E-state index in [0.717, 1.165) is 19.3 Å². The van der Waals surface area contributed by atoms with E-state index in [9.17, 15) is 9.59 Å². The number of hydrogen-bond donors (Lipinski definition) is 0. The lowest BCUT2D eigenvalue weighted by atomic mass is 9.98. The Hall–Kier alpha value is -1.64. The summed E-state index contributed by atoms with van der Waals surface area (Å²) in [4.78, 5) is 23.3. The van der Waals surface area contributed by atoms with Crippen molar-refractivity contribution in [3.8, 4) is 0 Å². The Labute approximate surface area is 141 Å². The largest absolute Gasteiger partial charge is 0.465 e. The average Bonchev–Trinajstić information content (AvgIpc) is 2.45. The van der Waals surface area contributed by atoms with E-state index < -0.39 is 11.9 Å². The molecule has 3 nitrogen and oxygen atoms in total. The van der Waals surface area contributed by atoms with Gasteiger partial charge in [-0.3, -0.25) is 9.59 Å². The quantitative estimate of drug-likeness (QED) is 0.317. The van der Waals surface area contributed by atoms with Gasteiger partial charge in [0.2, 0.25) is 0 Å². The first-order valence-corrected chi connectivity index (χ1v) is 8.39. The summed E-state index contributed by atoms with van der Waals surface area (Å²) in [5.41, 5.74) is 3.90. The van der Waals surface area contributed by atoms with Gasteiger partial charge in [-0.2, -0.15) is 0 Å². The van der Waals surface area contributed by atoms with Gasteiger partial charge >= 0.3 is 5.97 Å². The first kappa shape index (κ1) is 21.4. The molecule has 1 unspecified atom stereocenters. The van der Waals surface area contributed by atoms with Crippen molar-refractivity contribution >= 4 is 11.8 Å². The van der Waals surface area contributed by atoms with Crippen LogP contribution in [-0.2, 0) is 14.3 Å². The second-order valence-corrected chi connectivity index (χ2v) is 6.28. The summed E-state index contributed by atoms with van der Waals surface area (Å²) in [5.74, 6) is -1.22. The normalized spacial score (nSPS) is 13.5. The van der Waals surface area contributed by atoms with Gasteiger partial charge in [0.15, 0.2) is 0 Å². The number of ketones is 1. The first-order chi connectivity index (χ1) is 10.8. The summed E-state index contributed by atoms with van der Waals surface area (Å²) in [7, 11) is 0. The van der Waals surface area contributed by atoms with Crippen molar-refractivity contribution < 1.29 is 14.3 Å². The van der Waals surface area contributed by atoms with Gasteiger partial charge in [0.05, 0.1) is 6.61 Å². The fourth-order valence-corrected chi connectivity index (χ4v) is 2.09. The lowest BCUT2D eigenvalue weighted by Gasteiger charge is -2.10. The lowest BCUT2D eigenvalue weighted by Crippen LogP contribution is -2.23. The molecule has 0 bridgehead atoms. The third-order valence-corrected chi connectivity index (χ3v) is 3.63. The summed E-state index contributed by atoms with van der Waals surface area (Å²) in [6.07, 6.45) is 9.83. The molecule has 0 aromatic carbocycles. The minimum atomic E-state index is -0.667. The van der Waals surface area contributed by atoms with Gasteiger partial charge in [-0.25, -0.2) is 0 Å². The third kappa shape index (κ3) is 10.7. The summed E-state index contributed by atoms with van der Waals surface area (Å²) >= 11 is 0. The molecular formula is C20H32O3. The van der Waals surface area contributed by atoms with E-state index >= 15 is 0 Å². The molecule has 1 atom stereocenters. The zero-order chi connectivity index (χ0) is 17.8. The van der Waals surface area contributed by atoms with E-state index in [1.807, 2.05) is 13.0 Å². The van der Waals surface area contributed by atoms with Crippen molar-refractivity contribution in [2.45, 2.75) is 67.2 Å². The molecule has 23 heavy (non-hydrogen) atoms. The number of allylic oxidation sites excluding steroid dienone is 6. The van der Waals surface area contributed by atoms with Gasteiger partial charge in [-0.05, 0) is 67.2 Å². The van der Waals surface area contributed by atoms with Gasteiger partial charge in [-0.1, -0.05) is 34.9 Å². The Balaban J connectivity index is 4.43. The van der Waals surface area contributed by atoms with E-state index in [1.54, 1.807) is 6.92 Å². The highest BCUT2D eigenvalue weighted by Crippen LogP contribution is 2.14. The minimum absolute atomic E-state index is 0.134. The van der Waals surface area contributed by atoms with Crippen LogP contribution in [0.1, 0.15) is 67.2 Å². The minimum Gasteiger partial charge on any atom is -0.465 e. The van der Waals surface area contributed by atoms with Crippen LogP contribution in [0, 0.1) is 5.92 Å². The number of carbonyl (C=O) groups excluding carboxylic acids is 2. The Bertz CT molecular complexity index is 477. The highest BCUT2D eigenvalue weighted by atomic mass is 16.5. The van der Waals surface area contributed by atoms with Crippen LogP contribution >= 0.6 is 0 Å². The molecule has 0 amide bonds. The summed E-state index contributed by atoms with van der Waals surface area (Å²) in [6, 6.07) is 0. The van der Waals surface area contributed by atoms with Crippen molar-refractivity contribution in [1.82, 2.24) is 0 Å². The van der Waals surface area contributed by atoms with E-state index in [2.05, 4.69) is 32.9 Å². The second-order valence-electron chi connectivity index (χ2n) is 6.28. The van der Waals surface area contributed by atoms with E-state index in [1.165, 1.54) is 23.6 Å². The Morgan fingerprint density at radius 2 is 1.61 bits per heavy atom. The molecular weight excluding hydrogens is 288 g/mol. The molecule has 0 aliphatic carbocycles. The first-order valence-electron chi connectivity index (χ1n) is 8.39. The van der Waals surface area contributed by atoms with Crippen LogP contribution in [0.25, 0.3) is 0 Å². The van der Waals surface area contributed by atoms with Gasteiger partial charge in [-0.15, -0.1) is 0 Å².